The molecule has 98 valence electrons. The largest absolute Gasteiger partial charge is 0.489 e. The van der Waals surface area contributed by atoms with Crippen LogP contribution in [-0.4, -0.2) is 19.7 Å². The highest BCUT2D eigenvalue weighted by Crippen LogP contribution is 2.21. The molecule has 0 unspecified atom stereocenters. The van der Waals surface area contributed by atoms with E-state index in [2.05, 4.69) is 4.74 Å². The molecule has 0 heterocycles. The fourth-order valence-electron chi connectivity index (χ4n) is 1.31. The predicted octanol–water partition coefficient (Wildman–Crippen LogP) is 3.37. The van der Waals surface area contributed by atoms with Gasteiger partial charge in [0.05, 0.1) is 12.1 Å². The zero-order valence-corrected chi connectivity index (χ0v) is 11.0. The van der Waals surface area contributed by atoms with Gasteiger partial charge in [0.25, 0.3) is 0 Å². The van der Waals surface area contributed by atoms with Crippen molar-refractivity contribution in [2.75, 3.05) is 13.7 Å². The molecule has 0 aliphatic heterocycles. The first-order valence-corrected chi connectivity index (χ1v) is 5.81. The van der Waals surface area contributed by atoms with E-state index >= 15 is 0 Å². The zero-order valence-electron chi connectivity index (χ0n) is 10.2. The van der Waals surface area contributed by atoms with Crippen molar-refractivity contribution in [2.45, 2.75) is 13.3 Å². The molecular formula is C13H14ClFO3. The molecule has 0 aromatic heterocycles. The van der Waals surface area contributed by atoms with Crippen LogP contribution in [0.3, 0.4) is 0 Å². The molecule has 0 radical (unpaired) electrons. The maximum Gasteiger partial charge on any atom is 0.333 e. The summed E-state index contributed by atoms with van der Waals surface area (Å²) in [6.07, 6.45) is 2.18. The van der Waals surface area contributed by atoms with Gasteiger partial charge >= 0.3 is 5.97 Å². The minimum Gasteiger partial charge on any atom is -0.489 e. The highest BCUT2D eigenvalue weighted by atomic mass is 35.5. The molecule has 1 rings (SSSR count). The van der Waals surface area contributed by atoms with Crippen molar-refractivity contribution in [2.24, 2.45) is 0 Å². The Kier molecular flexibility index (Phi) is 5.65. The second-order valence-corrected chi connectivity index (χ2v) is 3.87. The van der Waals surface area contributed by atoms with Crippen LogP contribution in [0.4, 0.5) is 4.39 Å². The van der Waals surface area contributed by atoms with Crippen LogP contribution in [0, 0.1) is 5.82 Å². The van der Waals surface area contributed by atoms with E-state index in [9.17, 15) is 9.18 Å². The first kappa shape index (κ1) is 14.5. The van der Waals surface area contributed by atoms with Gasteiger partial charge in [0, 0.05) is 11.6 Å². The van der Waals surface area contributed by atoms with Crippen molar-refractivity contribution in [3.05, 3.63) is 40.7 Å². The molecule has 0 spiro atoms. The van der Waals surface area contributed by atoms with Gasteiger partial charge in [-0.25, -0.2) is 9.18 Å². The molecule has 0 saturated heterocycles. The summed E-state index contributed by atoms with van der Waals surface area (Å²) in [4.78, 5) is 11.3. The van der Waals surface area contributed by atoms with Crippen LogP contribution in [0.5, 0.6) is 5.75 Å². The van der Waals surface area contributed by atoms with E-state index < -0.39 is 5.82 Å². The minimum atomic E-state index is -0.497. The molecular weight excluding hydrogens is 259 g/mol. The van der Waals surface area contributed by atoms with Gasteiger partial charge in [-0.3, -0.25) is 0 Å². The van der Waals surface area contributed by atoms with Gasteiger partial charge in [-0.1, -0.05) is 18.5 Å². The maximum atomic E-state index is 12.9. The smallest absolute Gasteiger partial charge is 0.333 e. The molecule has 0 bridgehead atoms. The fourth-order valence-corrected chi connectivity index (χ4v) is 1.48. The number of benzene rings is 1. The monoisotopic (exact) mass is 272 g/mol. The Balaban J connectivity index is 2.62. The van der Waals surface area contributed by atoms with E-state index in [1.54, 1.807) is 6.08 Å². The summed E-state index contributed by atoms with van der Waals surface area (Å²) in [5, 5.41) is 0.000150. The molecule has 0 aliphatic carbocycles. The van der Waals surface area contributed by atoms with Crippen LogP contribution in [0.25, 0.3) is 0 Å². The molecule has 0 N–H and O–H groups in total. The topological polar surface area (TPSA) is 35.5 Å². The molecule has 0 fully saturated rings. The highest BCUT2D eigenvalue weighted by molar-refractivity contribution is 6.30. The molecule has 3 nitrogen and oxygen atoms in total. The normalized spacial score (nSPS) is 11.2. The number of hydrogen-bond donors (Lipinski definition) is 0. The lowest BCUT2D eigenvalue weighted by Crippen LogP contribution is -2.06. The SMILES string of the molecule is CCC(=CCOc1ccc(F)c(Cl)c1)C(=O)OC. The third kappa shape index (κ3) is 4.04. The maximum absolute atomic E-state index is 12.9. The van der Waals surface area contributed by atoms with Crippen LogP contribution in [0.15, 0.2) is 29.8 Å². The second-order valence-electron chi connectivity index (χ2n) is 3.46. The Labute approximate surface area is 110 Å². The quantitative estimate of drug-likeness (QED) is 0.609. The summed E-state index contributed by atoms with van der Waals surface area (Å²) in [5.41, 5.74) is 0.533. The molecule has 0 aliphatic rings. The van der Waals surface area contributed by atoms with Crippen molar-refractivity contribution >= 4 is 17.6 Å². The summed E-state index contributed by atoms with van der Waals surface area (Å²) in [5.74, 6) is -0.431. The third-order valence-electron chi connectivity index (χ3n) is 2.30. The molecule has 0 atom stereocenters. The lowest BCUT2D eigenvalue weighted by molar-refractivity contribution is -0.136. The Morgan fingerprint density at radius 2 is 2.22 bits per heavy atom. The number of rotatable bonds is 5. The number of carbonyl (C=O) groups is 1. The van der Waals surface area contributed by atoms with Crippen LogP contribution < -0.4 is 4.74 Å². The molecule has 0 saturated carbocycles. The van der Waals surface area contributed by atoms with Gasteiger partial charge in [-0.15, -0.1) is 0 Å². The summed E-state index contributed by atoms with van der Waals surface area (Å²) >= 11 is 5.61. The van der Waals surface area contributed by atoms with Crippen LogP contribution in [0.2, 0.25) is 5.02 Å². The first-order valence-electron chi connectivity index (χ1n) is 5.43. The van der Waals surface area contributed by atoms with E-state index in [1.165, 1.54) is 25.3 Å². The van der Waals surface area contributed by atoms with Gasteiger partial charge < -0.3 is 9.47 Å². The molecule has 18 heavy (non-hydrogen) atoms. The highest BCUT2D eigenvalue weighted by Gasteiger charge is 2.06. The van der Waals surface area contributed by atoms with E-state index in [1.807, 2.05) is 6.92 Å². The van der Waals surface area contributed by atoms with Gasteiger partial charge in [0.1, 0.15) is 18.2 Å². The zero-order chi connectivity index (χ0) is 13.5. The van der Waals surface area contributed by atoms with Gasteiger partial charge in [0.2, 0.25) is 0 Å². The Bertz CT molecular complexity index is 458. The number of carbonyl (C=O) groups excluding carboxylic acids is 1. The summed E-state index contributed by atoms with van der Waals surface area (Å²) in [6, 6.07) is 4.08. The number of hydrogen-bond acceptors (Lipinski definition) is 3. The lowest BCUT2D eigenvalue weighted by atomic mass is 10.2. The third-order valence-corrected chi connectivity index (χ3v) is 2.59. The van der Waals surface area contributed by atoms with E-state index in [4.69, 9.17) is 16.3 Å². The average molecular weight is 273 g/mol. The number of methoxy groups -OCH3 is 1. The lowest BCUT2D eigenvalue weighted by Gasteiger charge is -2.06. The molecule has 1 aromatic rings. The Hall–Kier alpha value is -1.55. The van der Waals surface area contributed by atoms with E-state index in [0.717, 1.165) is 0 Å². The average Bonchev–Trinajstić information content (AvgIpc) is 2.38. The minimum absolute atomic E-state index is 0.000150. The van der Waals surface area contributed by atoms with Gasteiger partial charge in [-0.05, 0) is 24.6 Å². The van der Waals surface area contributed by atoms with Crippen molar-refractivity contribution < 1.29 is 18.7 Å². The summed E-state index contributed by atoms with van der Waals surface area (Å²) in [7, 11) is 1.33. The van der Waals surface area contributed by atoms with Crippen LogP contribution in [0.1, 0.15) is 13.3 Å². The van der Waals surface area contributed by atoms with E-state index in [0.29, 0.717) is 17.7 Å². The number of halogens is 2. The van der Waals surface area contributed by atoms with Crippen LogP contribution in [-0.2, 0) is 9.53 Å². The second kappa shape index (κ2) is 7.01. The Morgan fingerprint density at radius 3 is 2.78 bits per heavy atom. The number of esters is 1. The van der Waals surface area contributed by atoms with Gasteiger partial charge in [0.15, 0.2) is 0 Å². The predicted molar refractivity (Wildman–Crippen MR) is 67.3 cm³/mol. The van der Waals surface area contributed by atoms with Crippen molar-refractivity contribution in [3.63, 3.8) is 0 Å². The number of ether oxygens (including phenoxy) is 2. The van der Waals surface area contributed by atoms with Crippen LogP contribution >= 0.6 is 11.6 Å². The first-order chi connectivity index (χ1) is 8.58. The van der Waals surface area contributed by atoms with E-state index in [-0.39, 0.29) is 17.6 Å². The van der Waals surface area contributed by atoms with Crippen molar-refractivity contribution in [1.29, 1.82) is 0 Å². The standard InChI is InChI=1S/C13H14ClFO3/c1-3-9(13(16)17-2)6-7-18-10-4-5-12(15)11(14)8-10/h4-6,8H,3,7H2,1-2H3. The molecule has 0 amide bonds. The fraction of sp³-hybridized carbons (Fsp3) is 0.308. The van der Waals surface area contributed by atoms with Crippen molar-refractivity contribution in [3.8, 4) is 5.75 Å². The summed E-state index contributed by atoms with van der Waals surface area (Å²) in [6.45, 7) is 2.04. The summed E-state index contributed by atoms with van der Waals surface area (Å²) < 4.78 is 22.8. The Morgan fingerprint density at radius 1 is 1.50 bits per heavy atom. The molecule has 1 aromatic carbocycles. The van der Waals surface area contributed by atoms with Gasteiger partial charge in [-0.2, -0.15) is 0 Å². The molecule has 5 heteroatoms. The van der Waals surface area contributed by atoms with Crippen molar-refractivity contribution in [1.82, 2.24) is 0 Å².